The van der Waals surface area contributed by atoms with Crippen molar-refractivity contribution in [3.63, 3.8) is 0 Å². The van der Waals surface area contributed by atoms with E-state index in [0.717, 1.165) is 44.9 Å². The molecule has 53 heavy (non-hydrogen) atoms. The Labute approximate surface area is 325 Å². The molecule has 0 aromatic heterocycles. The maximum atomic E-state index is 12.8. The molecular weight excluding hydrogens is 670 g/mol. The number of carbonyl (C=O) groups excluding carboxylic acids is 1. The molecule has 1 amide bonds. The van der Waals surface area contributed by atoms with Crippen LogP contribution in [0.2, 0.25) is 0 Å². The maximum Gasteiger partial charge on any atom is 0.220 e. The summed E-state index contributed by atoms with van der Waals surface area (Å²) in [4.78, 5) is 12.8. The van der Waals surface area contributed by atoms with Crippen LogP contribution in [0, 0.1) is 0 Å². The number of aliphatic hydroxyl groups excluding tert-OH is 5. The Morgan fingerprint density at radius 2 is 1.04 bits per heavy atom. The van der Waals surface area contributed by atoms with Crippen molar-refractivity contribution in [3.05, 3.63) is 12.2 Å². The van der Waals surface area contributed by atoms with Crippen molar-refractivity contribution in [2.24, 2.45) is 0 Å². The average molecular weight is 756 g/mol. The molecule has 0 aromatic rings. The van der Waals surface area contributed by atoms with Crippen LogP contribution in [-0.2, 0) is 14.3 Å². The lowest BCUT2D eigenvalue weighted by atomic mass is 9.99. The Hall–Kier alpha value is -1.07. The molecule has 9 nitrogen and oxygen atoms in total. The minimum Gasteiger partial charge on any atom is -0.394 e. The molecule has 9 heteroatoms. The van der Waals surface area contributed by atoms with Crippen LogP contribution in [-0.4, -0.2) is 87.5 Å². The van der Waals surface area contributed by atoms with Crippen LogP contribution >= 0.6 is 0 Å². The topological polar surface area (TPSA) is 149 Å². The molecule has 0 aromatic carbocycles. The zero-order chi connectivity index (χ0) is 38.8. The predicted molar refractivity (Wildman–Crippen MR) is 217 cm³/mol. The number of unbranched alkanes of at least 4 members (excludes halogenated alkanes) is 27. The van der Waals surface area contributed by atoms with E-state index in [1.807, 2.05) is 6.08 Å². The third kappa shape index (κ3) is 26.4. The van der Waals surface area contributed by atoms with Crippen molar-refractivity contribution in [1.29, 1.82) is 0 Å². The van der Waals surface area contributed by atoms with E-state index in [9.17, 15) is 30.3 Å². The Kier molecular flexibility index (Phi) is 33.3. The zero-order valence-corrected chi connectivity index (χ0v) is 34.3. The second kappa shape index (κ2) is 35.4. The molecule has 0 saturated carbocycles. The fourth-order valence-electron chi connectivity index (χ4n) is 7.21. The SMILES string of the molecule is CCCCC/C=C/C(O)C(COC1OC(CO)C(O)C(O)C1O)NC(=O)CCCCCCCCCCCCCCCCCCCCCCCCCCC. The van der Waals surface area contributed by atoms with Gasteiger partial charge in [0, 0.05) is 6.42 Å². The Balaban J connectivity index is 2.10. The van der Waals surface area contributed by atoms with Gasteiger partial charge < -0.3 is 40.3 Å². The highest BCUT2D eigenvalue weighted by Crippen LogP contribution is 2.23. The summed E-state index contributed by atoms with van der Waals surface area (Å²) in [5.41, 5.74) is 0. The van der Waals surface area contributed by atoms with Gasteiger partial charge in [0.15, 0.2) is 6.29 Å². The molecule has 1 rings (SSSR count). The first-order valence-corrected chi connectivity index (χ1v) is 22.4. The molecule has 314 valence electrons. The zero-order valence-electron chi connectivity index (χ0n) is 34.3. The van der Waals surface area contributed by atoms with Gasteiger partial charge in [-0.25, -0.2) is 0 Å². The molecule has 7 atom stereocenters. The van der Waals surface area contributed by atoms with E-state index in [4.69, 9.17) is 9.47 Å². The van der Waals surface area contributed by atoms with Gasteiger partial charge >= 0.3 is 0 Å². The third-order valence-corrected chi connectivity index (χ3v) is 10.9. The van der Waals surface area contributed by atoms with Gasteiger partial charge in [0.05, 0.1) is 25.4 Å². The first-order chi connectivity index (χ1) is 25.8. The monoisotopic (exact) mass is 756 g/mol. The Morgan fingerprint density at radius 1 is 0.623 bits per heavy atom. The van der Waals surface area contributed by atoms with Gasteiger partial charge in [-0.1, -0.05) is 193 Å². The number of allylic oxidation sites excluding steroid dienone is 1. The van der Waals surface area contributed by atoms with Crippen LogP contribution in [0.15, 0.2) is 12.2 Å². The van der Waals surface area contributed by atoms with Gasteiger partial charge in [-0.05, 0) is 19.3 Å². The van der Waals surface area contributed by atoms with E-state index in [1.54, 1.807) is 6.08 Å². The van der Waals surface area contributed by atoms with Crippen molar-refractivity contribution in [2.45, 2.75) is 249 Å². The molecule has 1 saturated heterocycles. The molecule has 0 aliphatic carbocycles. The highest BCUT2D eigenvalue weighted by molar-refractivity contribution is 5.76. The molecule has 0 bridgehead atoms. The van der Waals surface area contributed by atoms with Crippen molar-refractivity contribution >= 4 is 5.91 Å². The number of nitrogens with one attached hydrogen (secondary N) is 1. The molecule has 6 N–H and O–H groups in total. The standard InChI is InChI=1S/C44H85NO8/c1-3-5-7-9-10-11-12-13-14-15-16-17-18-19-20-21-22-23-24-25-26-27-28-30-32-34-40(48)45-37(38(47)33-31-29-8-6-4-2)36-52-44-43(51)42(50)41(49)39(35-46)53-44/h31,33,37-39,41-44,46-47,49-51H,3-30,32,34-36H2,1-2H3,(H,45,48)/b33-31+. The summed E-state index contributed by atoms with van der Waals surface area (Å²) in [6.45, 7) is 3.67. The number of rotatable bonds is 37. The summed E-state index contributed by atoms with van der Waals surface area (Å²) in [6, 6.07) is -0.795. The largest absolute Gasteiger partial charge is 0.394 e. The number of hydrogen-bond donors (Lipinski definition) is 6. The lowest BCUT2D eigenvalue weighted by Gasteiger charge is -2.40. The maximum absolute atomic E-state index is 12.8. The first-order valence-electron chi connectivity index (χ1n) is 22.4. The highest BCUT2D eigenvalue weighted by Gasteiger charge is 2.44. The molecular formula is C44H85NO8. The second-order valence-electron chi connectivity index (χ2n) is 15.9. The fourth-order valence-corrected chi connectivity index (χ4v) is 7.21. The minimum atomic E-state index is -1.56. The number of ether oxygens (including phenoxy) is 2. The number of aliphatic hydroxyl groups is 5. The summed E-state index contributed by atoms with van der Waals surface area (Å²) in [7, 11) is 0. The van der Waals surface area contributed by atoms with Crippen LogP contribution in [0.4, 0.5) is 0 Å². The van der Waals surface area contributed by atoms with E-state index >= 15 is 0 Å². The molecule has 1 aliphatic rings. The van der Waals surface area contributed by atoms with Gasteiger partial charge in [-0.3, -0.25) is 4.79 Å². The number of amides is 1. The smallest absolute Gasteiger partial charge is 0.220 e. The van der Waals surface area contributed by atoms with E-state index in [0.29, 0.717) is 6.42 Å². The number of carbonyl (C=O) groups is 1. The van der Waals surface area contributed by atoms with E-state index in [-0.39, 0.29) is 12.5 Å². The van der Waals surface area contributed by atoms with Crippen LogP contribution in [0.1, 0.15) is 206 Å². The summed E-state index contributed by atoms with van der Waals surface area (Å²) in [6.07, 6.45) is 33.2. The lowest BCUT2D eigenvalue weighted by molar-refractivity contribution is -0.302. The summed E-state index contributed by atoms with van der Waals surface area (Å²) < 4.78 is 11.1. The highest BCUT2D eigenvalue weighted by atomic mass is 16.7. The third-order valence-electron chi connectivity index (χ3n) is 10.9. The average Bonchev–Trinajstić information content (AvgIpc) is 3.16. The first kappa shape index (κ1) is 49.9. The molecule has 7 unspecified atom stereocenters. The number of hydrogen-bond acceptors (Lipinski definition) is 8. The van der Waals surface area contributed by atoms with Gasteiger partial charge in [-0.15, -0.1) is 0 Å². The molecule has 1 fully saturated rings. The van der Waals surface area contributed by atoms with Gasteiger partial charge in [-0.2, -0.15) is 0 Å². The van der Waals surface area contributed by atoms with E-state index in [2.05, 4.69) is 19.2 Å². The second-order valence-corrected chi connectivity index (χ2v) is 15.9. The lowest BCUT2D eigenvalue weighted by Crippen LogP contribution is -2.60. The van der Waals surface area contributed by atoms with Crippen LogP contribution in [0.3, 0.4) is 0 Å². The summed E-state index contributed by atoms with van der Waals surface area (Å²) >= 11 is 0. The van der Waals surface area contributed by atoms with Crippen LogP contribution in [0.25, 0.3) is 0 Å². The Morgan fingerprint density at radius 3 is 1.47 bits per heavy atom. The van der Waals surface area contributed by atoms with Crippen LogP contribution < -0.4 is 5.32 Å². The molecule has 0 radical (unpaired) electrons. The van der Waals surface area contributed by atoms with Crippen molar-refractivity contribution in [3.8, 4) is 0 Å². The molecule has 0 spiro atoms. The van der Waals surface area contributed by atoms with E-state index in [1.165, 1.54) is 141 Å². The molecule has 1 heterocycles. The van der Waals surface area contributed by atoms with Crippen molar-refractivity contribution < 1.29 is 39.8 Å². The minimum absolute atomic E-state index is 0.181. The van der Waals surface area contributed by atoms with Crippen LogP contribution in [0.5, 0.6) is 0 Å². The quantitative estimate of drug-likeness (QED) is 0.0272. The van der Waals surface area contributed by atoms with Gasteiger partial charge in [0.25, 0.3) is 0 Å². The summed E-state index contributed by atoms with van der Waals surface area (Å²) in [5.74, 6) is -0.181. The van der Waals surface area contributed by atoms with E-state index < -0.39 is 49.5 Å². The fraction of sp³-hybridized carbons (Fsp3) is 0.932. The molecule has 1 aliphatic heterocycles. The summed E-state index contributed by atoms with van der Waals surface area (Å²) in [5, 5.41) is 53.6. The van der Waals surface area contributed by atoms with Gasteiger partial charge in [0.2, 0.25) is 5.91 Å². The van der Waals surface area contributed by atoms with Crippen molar-refractivity contribution in [1.82, 2.24) is 5.32 Å². The van der Waals surface area contributed by atoms with Gasteiger partial charge in [0.1, 0.15) is 24.4 Å². The normalized spacial score (nSPS) is 21.7. The van der Waals surface area contributed by atoms with Crippen molar-refractivity contribution in [2.75, 3.05) is 13.2 Å². The Bertz CT molecular complexity index is 842. The predicted octanol–water partition coefficient (Wildman–Crippen LogP) is 8.95.